The quantitative estimate of drug-likeness (QED) is 0.836. The second-order valence-corrected chi connectivity index (χ2v) is 6.25. The Morgan fingerprint density at radius 1 is 1.09 bits per heavy atom. The normalized spacial score (nSPS) is 21.3. The fourth-order valence-corrected chi connectivity index (χ4v) is 3.27. The molecule has 1 saturated carbocycles. The summed E-state index contributed by atoms with van der Waals surface area (Å²) in [6.45, 7) is 3.39. The molecule has 1 aromatic carbocycles. The molecule has 5 nitrogen and oxygen atoms in total. The third-order valence-corrected chi connectivity index (χ3v) is 4.61. The molecule has 0 aromatic heterocycles. The Morgan fingerprint density at radius 3 is 2.13 bits per heavy atom. The molecule has 1 aliphatic carbocycles. The van der Waals surface area contributed by atoms with E-state index in [0.717, 1.165) is 30.9 Å². The minimum atomic E-state index is 0.380. The highest BCUT2D eigenvalue weighted by Crippen LogP contribution is 2.39. The summed E-state index contributed by atoms with van der Waals surface area (Å²) in [6.07, 6.45) is 4.57. The molecular weight excluding hydrogens is 292 g/mol. The summed E-state index contributed by atoms with van der Waals surface area (Å²) in [5, 5.41) is 0. The first-order chi connectivity index (χ1) is 11.1. The van der Waals surface area contributed by atoms with Crippen molar-refractivity contribution < 1.29 is 14.2 Å². The van der Waals surface area contributed by atoms with E-state index in [-0.39, 0.29) is 0 Å². The first-order valence-corrected chi connectivity index (χ1v) is 8.42. The average molecular weight is 322 g/mol. The molecule has 0 spiro atoms. The highest BCUT2D eigenvalue weighted by Gasteiger charge is 2.23. The highest BCUT2D eigenvalue weighted by molar-refractivity contribution is 5.53. The predicted octanol–water partition coefficient (Wildman–Crippen LogP) is 2.80. The van der Waals surface area contributed by atoms with Gasteiger partial charge in [0.15, 0.2) is 11.5 Å². The molecule has 0 amide bonds. The van der Waals surface area contributed by atoms with Gasteiger partial charge < -0.3 is 19.9 Å². The Bertz CT molecular complexity index is 474. The van der Waals surface area contributed by atoms with Gasteiger partial charge in [-0.25, -0.2) is 0 Å². The van der Waals surface area contributed by atoms with E-state index >= 15 is 0 Å². The Morgan fingerprint density at radius 2 is 1.65 bits per heavy atom. The first kappa shape index (κ1) is 17.9. The van der Waals surface area contributed by atoms with Crippen molar-refractivity contribution >= 4 is 0 Å². The number of ether oxygens (including phenoxy) is 3. The Hall–Kier alpha value is -1.46. The molecule has 0 bridgehead atoms. The van der Waals surface area contributed by atoms with Gasteiger partial charge in [0.05, 0.1) is 20.8 Å². The van der Waals surface area contributed by atoms with Crippen molar-refractivity contribution in [2.75, 3.05) is 27.9 Å². The van der Waals surface area contributed by atoms with E-state index in [1.54, 1.807) is 14.2 Å². The Kier molecular flexibility index (Phi) is 6.54. The van der Waals surface area contributed by atoms with Crippen LogP contribution in [0.3, 0.4) is 0 Å². The number of hydrogen-bond acceptors (Lipinski definition) is 5. The van der Waals surface area contributed by atoms with Crippen LogP contribution >= 0.6 is 0 Å². The molecular formula is C18H30N2O3. The van der Waals surface area contributed by atoms with Gasteiger partial charge >= 0.3 is 0 Å². The highest BCUT2D eigenvalue weighted by atomic mass is 16.5. The van der Waals surface area contributed by atoms with E-state index < -0.39 is 0 Å². The van der Waals surface area contributed by atoms with Gasteiger partial charge in [-0.05, 0) is 57.4 Å². The van der Waals surface area contributed by atoms with E-state index in [9.17, 15) is 0 Å². The number of methoxy groups -OCH3 is 2. The van der Waals surface area contributed by atoms with E-state index in [0.29, 0.717) is 24.4 Å². The van der Waals surface area contributed by atoms with Crippen molar-refractivity contribution in [2.24, 2.45) is 5.73 Å². The lowest BCUT2D eigenvalue weighted by atomic mass is 9.91. The predicted molar refractivity (Wildman–Crippen MR) is 92.4 cm³/mol. The van der Waals surface area contributed by atoms with Crippen LogP contribution in [0.2, 0.25) is 0 Å². The van der Waals surface area contributed by atoms with Crippen LogP contribution in [-0.4, -0.2) is 44.9 Å². The number of nitrogens with zero attached hydrogens (tertiary/aromatic N) is 1. The molecule has 0 aliphatic heterocycles. The zero-order valence-electron chi connectivity index (χ0n) is 14.8. The summed E-state index contributed by atoms with van der Waals surface area (Å²) in [7, 11) is 5.50. The molecule has 0 unspecified atom stereocenters. The lowest BCUT2D eigenvalue weighted by molar-refractivity contribution is 0.176. The number of nitrogens with two attached hydrogens (primary N) is 1. The molecule has 0 heterocycles. The summed E-state index contributed by atoms with van der Waals surface area (Å²) in [5.41, 5.74) is 7.17. The van der Waals surface area contributed by atoms with Crippen LogP contribution in [0.1, 0.15) is 38.2 Å². The van der Waals surface area contributed by atoms with Crippen LogP contribution in [0.15, 0.2) is 12.1 Å². The molecule has 1 aromatic rings. The fraction of sp³-hybridized carbons (Fsp3) is 0.667. The third-order valence-electron chi connectivity index (χ3n) is 4.61. The maximum Gasteiger partial charge on any atom is 0.203 e. The second kappa shape index (κ2) is 8.41. The first-order valence-electron chi connectivity index (χ1n) is 8.42. The summed E-state index contributed by atoms with van der Waals surface area (Å²) < 4.78 is 16.6. The lowest BCUT2D eigenvalue weighted by Gasteiger charge is -2.33. The Labute approximate surface area is 139 Å². The van der Waals surface area contributed by atoms with E-state index in [1.807, 2.05) is 19.1 Å². The zero-order valence-corrected chi connectivity index (χ0v) is 14.8. The molecule has 130 valence electrons. The van der Waals surface area contributed by atoms with Crippen LogP contribution in [0.4, 0.5) is 0 Å². The smallest absolute Gasteiger partial charge is 0.203 e. The third kappa shape index (κ3) is 4.52. The SMILES string of the molecule is CCOc1c(OC)cc(CN(C)C2CCC(N)CC2)cc1OC. The number of benzene rings is 1. The van der Waals surface area contributed by atoms with Crippen LogP contribution in [-0.2, 0) is 6.54 Å². The van der Waals surface area contributed by atoms with Crippen molar-refractivity contribution in [1.82, 2.24) is 4.90 Å². The number of hydrogen-bond donors (Lipinski definition) is 1. The standard InChI is InChI=1S/C18H30N2O3/c1-5-23-18-16(21-3)10-13(11-17(18)22-4)12-20(2)15-8-6-14(19)7-9-15/h10-11,14-15H,5-9,12,19H2,1-4H3. The zero-order chi connectivity index (χ0) is 16.8. The molecule has 0 radical (unpaired) electrons. The van der Waals surface area contributed by atoms with Gasteiger partial charge in [-0.2, -0.15) is 0 Å². The molecule has 2 rings (SSSR count). The molecule has 1 aliphatic rings. The van der Waals surface area contributed by atoms with Gasteiger partial charge in [-0.3, -0.25) is 4.90 Å². The topological polar surface area (TPSA) is 57.0 Å². The van der Waals surface area contributed by atoms with Crippen molar-refractivity contribution in [2.45, 2.75) is 51.2 Å². The lowest BCUT2D eigenvalue weighted by Crippen LogP contribution is -2.38. The van der Waals surface area contributed by atoms with Crippen molar-refractivity contribution in [3.8, 4) is 17.2 Å². The van der Waals surface area contributed by atoms with Gasteiger partial charge in [-0.1, -0.05) is 0 Å². The molecule has 5 heteroatoms. The van der Waals surface area contributed by atoms with E-state index in [2.05, 4.69) is 11.9 Å². The fourth-order valence-electron chi connectivity index (χ4n) is 3.27. The van der Waals surface area contributed by atoms with Gasteiger partial charge in [0.1, 0.15) is 0 Å². The van der Waals surface area contributed by atoms with Crippen LogP contribution in [0.25, 0.3) is 0 Å². The number of rotatable bonds is 7. The van der Waals surface area contributed by atoms with Gasteiger partial charge in [0, 0.05) is 18.6 Å². The van der Waals surface area contributed by atoms with Crippen LogP contribution < -0.4 is 19.9 Å². The average Bonchev–Trinajstić information content (AvgIpc) is 2.56. The molecule has 0 atom stereocenters. The minimum Gasteiger partial charge on any atom is -0.493 e. The van der Waals surface area contributed by atoms with Gasteiger partial charge in [0.2, 0.25) is 5.75 Å². The van der Waals surface area contributed by atoms with Gasteiger partial charge in [0.25, 0.3) is 0 Å². The molecule has 0 saturated heterocycles. The largest absolute Gasteiger partial charge is 0.493 e. The van der Waals surface area contributed by atoms with E-state index in [4.69, 9.17) is 19.9 Å². The summed E-state index contributed by atoms with van der Waals surface area (Å²) >= 11 is 0. The maximum absolute atomic E-state index is 6.01. The van der Waals surface area contributed by atoms with Crippen molar-refractivity contribution in [3.05, 3.63) is 17.7 Å². The second-order valence-electron chi connectivity index (χ2n) is 6.25. The minimum absolute atomic E-state index is 0.380. The molecule has 23 heavy (non-hydrogen) atoms. The van der Waals surface area contributed by atoms with Crippen LogP contribution in [0.5, 0.6) is 17.2 Å². The van der Waals surface area contributed by atoms with Gasteiger partial charge in [-0.15, -0.1) is 0 Å². The van der Waals surface area contributed by atoms with Crippen molar-refractivity contribution in [1.29, 1.82) is 0 Å². The molecule has 2 N–H and O–H groups in total. The maximum atomic E-state index is 6.01. The Balaban J connectivity index is 2.12. The van der Waals surface area contributed by atoms with E-state index in [1.165, 1.54) is 18.4 Å². The monoisotopic (exact) mass is 322 g/mol. The summed E-state index contributed by atoms with van der Waals surface area (Å²) in [4.78, 5) is 2.40. The summed E-state index contributed by atoms with van der Waals surface area (Å²) in [6, 6.07) is 5.06. The molecule has 1 fully saturated rings. The summed E-state index contributed by atoms with van der Waals surface area (Å²) in [5.74, 6) is 2.12. The van der Waals surface area contributed by atoms with Crippen LogP contribution in [0, 0.1) is 0 Å². The van der Waals surface area contributed by atoms with Crippen molar-refractivity contribution in [3.63, 3.8) is 0 Å².